The molecule has 0 atom stereocenters. The third-order valence-corrected chi connectivity index (χ3v) is 6.53. The number of likely N-dealkylation sites (tertiary alicyclic amines) is 1. The van der Waals surface area contributed by atoms with E-state index >= 15 is 0 Å². The van der Waals surface area contributed by atoms with E-state index in [9.17, 15) is 0 Å². The van der Waals surface area contributed by atoms with Crippen molar-refractivity contribution in [2.75, 3.05) is 19.6 Å². The molecular weight excluding hydrogens is 354 g/mol. The van der Waals surface area contributed by atoms with Gasteiger partial charge in [0.2, 0.25) is 0 Å². The molecule has 0 radical (unpaired) electrons. The van der Waals surface area contributed by atoms with Crippen LogP contribution in [0.3, 0.4) is 0 Å². The molecular formula is C26H29N3. The van der Waals surface area contributed by atoms with Crippen molar-refractivity contribution >= 4 is 5.57 Å². The van der Waals surface area contributed by atoms with Crippen LogP contribution >= 0.6 is 0 Å². The lowest BCUT2D eigenvalue weighted by Crippen LogP contribution is -2.33. The summed E-state index contributed by atoms with van der Waals surface area (Å²) in [6, 6.07) is 21.5. The predicted molar refractivity (Wildman–Crippen MR) is 119 cm³/mol. The van der Waals surface area contributed by atoms with E-state index in [4.69, 9.17) is 5.10 Å². The lowest BCUT2D eigenvalue weighted by atomic mass is 9.89. The quantitative estimate of drug-likeness (QED) is 0.595. The van der Waals surface area contributed by atoms with E-state index in [2.05, 4.69) is 82.5 Å². The summed E-state index contributed by atoms with van der Waals surface area (Å²) in [6.45, 7) is 3.45. The Labute approximate surface area is 173 Å². The standard InChI is InChI=1S/C26H29N3/c1-3-8-21(9-4-1)22-14-17-28(18-15-22)19-16-23-10-7-13-26-25(23)20-27-29(26)24-11-5-2-6-12-24/h1-6,8-9,11-12,16,20,22H,7,10,13-15,17-19H2/b23-16+. The summed E-state index contributed by atoms with van der Waals surface area (Å²) in [5, 5.41) is 4.72. The van der Waals surface area contributed by atoms with E-state index in [0.717, 1.165) is 24.6 Å². The minimum absolute atomic E-state index is 0.727. The molecule has 2 aliphatic rings. The normalized spacial score (nSPS) is 19.4. The molecule has 5 rings (SSSR count). The molecule has 29 heavy (non-hydrogen) atoms. The van der Waals surface area contributed by atoms with Gasteiger partial charge in [0, 0.05) is 12.1 Å². The molecule has 1 aliphatic heterocycles. The van der Waals surface area contributed by atoms with Crippen LogP contribution < -0.4 is 0 Å². The number of para-hydroxylation sites is 1. The Hall–Kier alpha value is -2.65. The zero-order chi connectivity index (χ0) is 19.5. The van der Waals surface area contributed by atoms with Gasteiger partial charge in [-0.05, 0) is 74.4 Å². The van der Waals surface area contributed by atoms with Gasteiger partial charge in [-0.1, -0.05) is 54.6 Å². The Balaban J connectivity index is 1.26. The highest BCUT2D eigenvalue weighted by atomic mass is 15.3. The first-order valence-electron chi connectivity index (χ1n) is 11.0. The van der Waals surface area contributed by atoms with Crippen LogP contribution in [0.2, 0.25) is 0 Å². The van der Waals surface area contributed by atoms with Gasteiger partial charge in [0.1, 0.15) is 0 Å². The maximum atomic E-state index is 4.72. The van der Waals surface area contributed by atoms with E-state index in [1.54, 1.807) is 0 Å². The number of allylic oxidation sites excluding steroid dienone is 1. The van der Waals surface area contributed by atoms with Crippen LogP contribution in [-0.4, -0.2) is 34.3 Å². The average Bonchev–Trinajstić information content (AvgIpc) is 3.24. The summed E-state index contributed by atoms with van der Waals surface area (Å²) in [5.41, 5.74) is 6.89. The van der Waals surface area contributed by atoms with Crippen molar-refractivity contribution in [3.8, 4) is 5.69 Å². The van der Waals surface area contributed by atoms with Gasteiger partial charge in [-0.3, -0.25) is 4.90 Å². The molecule has 1 fully saturated rings. The number of fused-ring (bicyclic) bond motifs is 1. The van der Waals surface area contributed by atoms with Gasteiger partial charge in [-0.15, -0.1) is 0 Å². The van der Waals surface area contributed by atoms with Crippen LogP contribution in [0.15, 0.2) is 72.9 Å². The first-order chi connectivity index (χ1) is 14.4. The van der Waals surface area contributed by atoms with Gasteiger partial charge in [-0.25, -0.2) is 4.68 Å². The van der Waals surface area contributed by atoms with Crippen LogP contribution in [0.25, 0.3) is 11.3 Å². The molecule has 2 heterocycles. The summed E-state index contributed by atoms with van der Waals surface area (Å²) in [7, 11) is 0. The Morgan fingerprint density at radius 1 is 0.897 bits per heavy atom. The summed E-state index contributed by atoms with van der Waals surface area (Å²) >= 11 is 0. The maximum Gasteiger partial charge on any atom is 0.0649 e. The number of aromatic nitrogens is 2. The number of piperidine rings is 1. The van der Waals surface area contributed by atoms with Gasteiger partial charge in [0.15, 0.2) is 0 Å². The first kappa shape index (κ1) is 18.4. The molecule has 0 bridgehead atoms. The molecule has 0 spiro atoms. The molecule has 1 aromatic heterocycles. The van der Waals surface area contributed by atoms with Crippen molar-refractivity contribution in [1.82, 2.24) is 14.7 Å². The Kier molecular flexibility index (Phi) is 5.31. The molecule has 2 aromatic carbocycles. The van der Waals surface area contributed by atoms with E-state index in [1.165, 1.54) is 61.2 Å². The number of benzene rings is 2. The average molecular weight is 384 g/mol. The largest absolute Gasteiger partial charge is 0.300 e. The Morgan fingerprint density at radius 3 is 2.38 bits per heavy atom. The van der Waals surface area contributed by atoms with Crippen molar-refractivity contribution < 1.29 is 0 Å². The van der Waals surface area contributed by atoms with Crippen molar-refractivity contribution in [3.05, 3.63) is 89.8 Å². The third-order valence-electron chi connectivity index (χ3n) is 6.53. The maximum absolute atomic E-state index is 4.72. The lowest BCUT2D eigenvalue weighted by molar-refractivity contribution is 0.232. The van der Waals surface area contributed by atoms with E-state index in [-0.39, 0.29) is 0 Å². The van der Waals surface area contributed by atoms with Gasteiger partial charge in [0.25, 0.3) is 0 Å². The minimum Gasteiger partial charge on any atom is -0.300 e. The van der Waals surface area contributed by atoms with E-state index in [0.29, 0.717) is 0 Å². The summed E-state index contributed by atoms with van der Waals surface area (Å²) in [5.74, 6) is 0.727. The van der Waals surface area contributed by atoms with E-state index < -0.39 is 0 Å². The lowest BCUT2D eigenvalue weighted by Gasteiger charge is -2.31. The van der Waals surface area contributed by atoms with Gasteiger partial charge < -0.3 is 0 Å². The Morgan fingerprint density at radius 2 is 1.62 bits per heavy atom. The third kappa shape index (κ3) is 3.92. The zero-order valence-electron chi connectivity index (χ0n) is 17.0. The fourth-order valence-corrected chi connectivity index (χ4v) is 4.88. The topological polar surface area (TPSA) is 21.1 Å². The molecule has 3 aromatic rings. The molecule has 0 saturated carbocycles. The van der Waals surface area contributed by atoms with Crippen LogP contribution in [-0.2, 0) is 6.42 Å². The molecule has 0 amide bonds. The van der Waals surface area contributed by atoms with Crippen molar-refractivity contribution in [2.24, 2.45) is 0 Å². The molecule has 0 unspecified atom stereocenters. The van der Waals surface area contributed by atoms with Gasteiger partial charge in [-0.2, -0.15) is 5.10 Å². The highest BCUT2D eigenvalue weighted by molar-refractivity contribution is 5.69. The first-order valence-corrected chi connectivity index (χ1v) is 11.0. The van der Waals surface area contributed by atoms with Crippen LogP contribution in [0.1, 0.15) is 48.4 Å². The van der Waals surface area contributed by atoms with Crippen molar-refractivity contribution in [2.45, 2.75) is 38.0 Å². The van der Waals surface area contributed by atoms with Crippen molar-refractivity contribution in [3.63, 3.8) is 0 Å². The monoisotopic (exact) mass is 383 g/mol. The van der Waals surface area contributed by atoms with Crippen LogP contribution in [0, 0.1) is 0 Å². The number of hydrogen-bond acceptors (Lipinski definition) is 2. The number of nitrogens with zero attached hydrogens (tertiary/aromatic N) is 3. The molecule has 0 N–H and O–H groups in total. The molecule has 3 heteroatoms. The summed E-state index contributed by atoms with van der Waals surface area (Å²) in [6.07, 6.45) is 10.6. The molecule has 148 valence electrons. The number of rotatable bonds is 4. The van der Waals surface area contributed by atoms with E-state index in [1.807, 2.05) is 0 Å². The fraction of sp³-hybridized carbons (Fsp3) is 0.346. The summed E-state index contributed by atoms with van der Waals surface area (Å²) in [4.78, 5) is 2.61. The number of hydrogen-bond donors (Lipinski definition) is 0. The predicted octanol–water partition coefficient (Wildman–Crippen LogP) is 5.47. The zero-order valence-corrected chi connectivity index (χ0v) is 17.0. The van der Waals surface area contributed by atoms with Crippen LogP contribution in [0.5, 0.6) is 0 Å². The summed E-state index contributed by atoms with van der Waals surface area (Å²) < 4.78 is 2.13. The second-order valence-corrected chi connectivity index (χ2v) is 8.32. The highest BCUT2D eigenvalue weighted by Crippen LogP contribution is 2.32. The molecule has 1 saturated heterocycles. The van der Waals surface area contributed by atoms with Gasteiger partial charge >= 0.3 is 0 Å². The smallest absolute Gasteiger partial charge is 0.0649 e. The molecule has 1 aliphatic carbocycles. The highest BCUT2D eigenvalue weighted by Gasteiger charge is 2.22. The fourth-order valence-electron chi connectivity index (χ4n) is 4.88. The van der Waals surface area contributed by atoms with Crippen molar-refractivity contribution in [1.29, 1.82) is 0 Å². The SMILES string of the molecule is C(/CN1CCC(c2ccccc2)CC1)=C1/CCCc2c1cnn2-c1ccccc1. The second kappa shape index (κ2) is 8.38. The van der Waals surface area contributed by atoms with Gasteiger partial charge in [0.05, 0.1) is 17.6 Å². The molecule has 3 nitrogen and oxygen atoms in total. The Bertz CT molecular complexity index is 964. The van der Waals surface area contributed by atoms with Crippen LogP contribution in [0.4, 0.5) is 0 Å². The second-order valence-electron chi connectivity index (χ2n) is 8.32. The minimum atomic E-state index is 0.727.